The number of rotatable bonds is 6. The van der Waals surface area contributed by atoms with E-state index in [-0.39, 0.29) is 12.0 Å². The number of carbonyl (C=O) groups excluding carboxylic acids is 1. The molecule has 0 fully saturated rings. The Balaban J connectivity index is 1.86. The van der Waals surface area contributed by atoms with E-state index in [0.29, 0.717) is 24.4 Å². The van der Waals surface area contributed by atoms with Crippen LogP contribution in [0.1, 0.15) is 30.8 Å². The molecule has 1 heterocycles. The summed E-state index contributed by atoms with van der Waals surface area (Å²) in [6.45, 7) is 5.17. The molecule has 1 aromatic carbocycles. The Kier molecular flexibility index (Phi) is 4.52. The summed E-state index contributed by atoms with van der Waals surface area (Å²) in [4.78, 5) is 11.9. The zero-order valence-electron chi connectivity index (χ0n) is 11.2. The highest BCUT2D eigenvalue weighted by Crippen LogP contribution is 2.17. The molecule has 1 amide bonds. The second-order valence-corrected chi connectivity index (χ2v) is 4.56. The number of ether oxygens (including phenoxy) is 1. The molecule has 2 rings (SSSR count). The van der Waals surface area contributed by atoms with Crippen molar-refractivity contribution in [1.29, 1.82) is 0 Å². The molecule has 0 unspecified atom stereocenters. The van der Waals surface area contributed by atoms with Crippen molar-refractivity contribution in [3.05, 3.63) is 30.0 Å². The Hall–Kier alpha value is -1.88. The molecule has 0 aliphatic heterocycles. The zero-order chi connectivity index (χ0) is 13.7. The van der Waals surface area contributed by atoms with Crippen molar-refractivity contribution in [2.24, 2.45) is 0 Å². The van der Waals surface area contributed by atoms with Gasteiger partial charge in [-0.15, -0.1) is 0 Å². The first-order valence-corrected chi connectivity index (χ1v) is 6.42. The third kappa shape index (κ3) is 3.54. The number of nitrogens with zero attached hydrogens (tertiary/aromatic N) is 1. The summed E-state index contributed by atoms with van der Waals surface area (Å²) in [7, 11) is 0. The maximum absolute atomic E-state index is 11.9. The summed E-state index contributed by atoms with van der Waals surface area (Å²) in [6, 6.07) is 7.31. The van der Waals surface area contributed by atoms with Gasteiger partial charge in [0.2, 0.25) is 0 Å². The molecule has 0 aliphatic carbocycles. The zero-order valence-corrected chi connectivity index (χ0v) is 11.2. The van der Waals surface area contributed by atoms with E-state index in [1.807, 2.05) is 32.0 Å². The van der Waals surface area contributed by atoms with E-state index in [4.69, 9.17) is 9.26 Å². The van der Waals surface area contributed by atoms with Gasteiger partial charge in [0.1, 0.15) is 0 Å². The Morgan fingerprint density at radius 3 is 3.00 bits per heavy atom. The van der Waals surface area contributed by atoms with Crippen LogP contribution in [-0.4, -0.2) is 30.3 Å². The molecule has 1 N–H and O–H groups in total. The Bertz CT molecular complexity index is 548. The van der Waals surface area contributed by atoms with Crippen LogP contribution in [0.2, 0.25) is 0 Å². The Morgan fingerprint density at radius 1 is 1.42 bits per heavy atom. The van der Waals surface area contributed by atoms with E-state index in [0.717, 1.165) is 11.8 Å². The van der Waals surface area contributed by atoms with Crippen LogP contribution in [0, 0.1) is 0 Å². The van der Waals surface area contributed by atoms with Crippen molar-refractivity contribution in [2.75, 3.05) is 13.2 Å². The fraction of sp³-hybridized carbons (Fsp3) is 0.429. The number of aromatic nitrogens is 1. The minimum absolute atomic E-state index is 0.213. The van der Waals surface area contributed by atoms with E-state index in [1.54, 1.807) is 6.07 Å². The number of nitrogens with one attached hydrogen (secondary N) is 1. The average molecular weight is 262 g/mol. The first-order valence-electron chi connectivity index (χ1n) is 6.42. The van der Waals surface area contributed by atoms with Crippen molar-refractivity contribution < 1.29 is 14.1 Å². The highest BCUT2D eigenvalue weighted by molar-refractivity contribution is 6.03. The number of amides is 1. The van der Waals surface area contributed by atoms with Gasteiger partial charge in [0, 0.05) is 13.2 Å². The third-order valence-electron chi connectivity index (χ3n) is 2.65. The Morgan fingerprint density at radius 2 is 2.21 bits per heavy atom. The van der Waals surface area contributed by atoms with Gasteiger partial charge in [0.05, 0.1) is 11.5 Å². The van der Waals surface area contributed by atoms with Gasteiger partial charge in [-0.3, -0.25) is 4.79 Å². The highest BCUT2D eigenvalue weighted by Gasteiger charge is 2.14. The maximum Gasteiger partial charge on any atom is 0.274 e. The van der Waals surface area contributed by atoms with Crippen molar-refractivity contribution in [2.45, 2.75) is 26.4 Å². The number of hydrogen-bond donors (Lipinski definition) is 1. The fourth-order valence-corrected chi connectivity index (χ4v) is 1.73. The lowest BCUT2D eigenvalue weighted by atomic mass is 10.2. The molecule has 0 radical (unpaired) electrons. The molecular formula is C14H18N2O3. The van der Waals surface area contributed by atoms with Crippen LogP contribution in [0.15, 0.2) is 28.8 Å². The molecular weight excluding hydrogens is 244 g/mol. The van der Waals surface area contributed by atoms with Crippen LogP contribution in [0.25, 0.3) is 11.0 Å². The van der Waals surface area contributed by atoms with E-state index in [2.05, 4.69) is 10.5 Å². The second-order valence-electron chi connectivity index (χ2n) is 4.56. The SMILES string of the molecule is CC(C)OCCCNC(=O)c1noc2ccccc12. The molecule has 0 spiro atoms. The molecule has 0 saturated carbocycles. The monoisotopic (exact) mass is 262 g/mol. The summed E-state index contributed by atoms with van der Waals surface area (Å²) < 4.78 is 10.5. The molecule has 19 heavy (non-hydrogen) atoms. The molecule has 0 aliphatic rings. The van der Waals surface area contributed by atoms with Crippen LogP contribution >= 0.6 is 0 Å². The van der Waals surface area contributed by atoms with E-state index >= 15 is 0 Å². The summed E-state index contributed by atoms with van der Waals surface area (Å²) in [6.07, 6.45) is 0.995. The van der Waals surface area contributed by atoms with Crippen LogP contribution in [0.5, 0.6) is 0 Å². The summed E-state index contributed by atoms with van der Waals surface area (Å²) in [5, 5.41) is 7.35. The molecule has 0 bridgehead atoms. The molecule has 5 nitrogen and oxygen atoms in total. The smallest absolute Gasteiger partial charge is 0.274 e. The minimum Gasteiger partial charge on any atom is -0.379 e. The largest absolute Gasteiger partial charge is 0.379 e. The van der Waals surface area contributed by atoms with Crippen LogP contribution < -0.4 is 5.32 Å². The number of hydrogen-bond acceptors (Lipinski definition) is 4. The highest BCUT2D eigenvalue weighted by atomic mass is 16.5. The predicted octanol–water partition coefficient (Wildman–Crippen LogP) is 2.37. The standard InChI is InChI=1S/C14H18N2O3/c1-10(2)18-9-5-8-15-14(17)13-11-6-3-4-7-12(11)19-16-13/h3-4,6-7,10H,5,8-9H2,1-2H3,(H,15,17). The van der Waals surface area contributed by atoms with E-state index < -0.39 is 0 Å². The van der Waals surface area contributed by atoms with Crippen LogP contribution in [0.3, 0.4) is 0 Å². The lowest BCUT2D eigenvalue weighted by Crippen LogP contribution is -2.26. The first-order chi connectivity index (χ1) is 9.18. The van der Waals surface area contributed by atoms with Gasteiger partial charge in [0.15, 0.2) is 11.3 Å². The second kappa shape index (κ2) is 6.33. The van der Waals surface area contributed by atoms with Crippen molar-refractivity contribution in [3.63, 3.8) is 0 Å². The molecule has 102 valence electrons. The van der Waals surface area contributed by atoms with Crippen LogP contribution in [-0.2, 0) is 4.74 Å². The first kappa shape index (κ1) is 13.5. The Labute approximate surface area is 111 Å². The molecule has 0 saturated heterocycles. The maximum atomic E-state index is 11.9. The molecule has 0 atom stereocenters. The van der Waals surface area contributed by atoms with Crippen LogP contribution in [0.4, 0.5) is 0 Å². The van der Waals surface area contributed by atoms with Gasteiger partial charge in [0.25, 0.3) is 5.91 Å². The van der Waals surface area contributed by atoms with Gasteiger partial charge in [-0.25, -0.2) is 0 Å². The number of fused-ring (bicyclic) bond motifs is 1. The molecule has 1 aromatic heterocycles. The van der Waals surface area contributed by atoms with Crippen molar-refractivity contribution in [3.8, 4) is 0 Å². The normalized spacial score (nSPS) is 11.1. The fourth-order valence-electron chi connectivity index (χ4n) is 1.73. The topological polar surface area (TPSA) is 64.4 Å². The number of benzene rings is 1. The summed E-state index contributed by atoms with van der Waals surface area (Å²) >= 11 is 0. The summed E-state index contributed by atoms with van der Waals surface area (Å²) in [5.41, 5.74) is 0.955. The number of para-hydroxylation sites is 1. The van der Waals surface area contributed by atoms with E-state index in [9.17, 15) is 4.79 Å². The van der Waals surface area contributed by atoms with Gasteiger partial charge in [-0.1, -0.05) is 17.3 Å². The lowest BCUT2D eigenvalue weighted by Gasteiger charge is -2.07. The van der Waals surface area contributed by atoms with Gasteiger partial charge < -0.3 is 14.6 Å². The van der Waals surface area contributed by atoms with Gasteiger partial charge >= 0.3 is 0 Å². The molecule has 5 heteroatoms. The quantitative estimate of drug-likeness (QED) is 0.812. The van der Waals surface area contributed by atoms with E-state index in [1.165, 1.54) is 0 Å². The minimum atomic E-state index is -0.213. The predicted molar refractivity (Wildman–Crippen MR) is 72.0 cm³/mol. The van der Waals surface area contributed by atoms with Gasteiger partial charge in [-0.2, -0.15) is 0 Å². The van der Waals surface area contributed by atoms with Gasteiger partial charge in [-0.05, 0) is 32.4 Å². The van der Waals surface area contributed by atoms with Crippen molar-refractivity contribution >= 4 is 16.9 Å². The van der Waals surface area contributed by atoms with Crippen molar-refractivity contribution in [1.82, 2.24) is 10.5 Å². The third-order valence-corrected chi connectivity index (χ3v) is 2.65. The number of carbonyl (C=O) groups is 1. The lowest BCUT2D eigenvalue weighted by molar-refractivity contribution is 0.0756. The summed E-state index contributed by atoms with van der Waals surface area (Å²) in [5.74, 6) is -0.213. The average Bonchev–Trinajstić information content (AvgIpc) is 2.81. The molecule has 2 aromatic rings.